The molecule has 0 aliphatic rings. The van der Waals surface area contributed by atoms with Crippen molar-refractivity contribution < 1.29 is 17.6 Å². The van der Waals surface area contributed by atoms with Crippen molar-refractivity contribution in [1.82, 2.24) is 4.90 Å². The van der Waals surface area contributed by atoms with Crippen LogP contribution in [-0.2, 0) is 16.6 Å². The molecule has 0 N–H and O–H groups in total. The Morgan fingerprint density at radius 1 is 0.933 bits per heavy atom. The van der Waals surface area contributed by atoms with Crippen LogP contribution in [0.25, 0.3) is 0 Å². The number of carbonyl (C=O) groups is 1. The first-order valence-electron chi connectivity index (χ1n) is 9.04. The molecule has 1 amide bonds. The zero-order valence-corrected chi connectivity index (χ0v) is 18.0. The Bertz CT molecular complexity index is 1130. The maximum Gasteiger partial charge on any atom is 0.264 e. The Labute approximate surface area is 180 Å². The number of sulfonamides is 1. The van der Waals surface area contributed by atoms with Crippen molar-refractivity contribution in [3.63, 3.8) is 0 Å². The molecule has 0 fully saturated rings. The summed E-state index contributed by atoms with van der Waals surface area (Å²) in [6.45, 7) is -0.0128. The van der Waals surface area contributed by atoms with Crippen molar-refractivity contribution in [3.8, 4) is 0 Å². The molecule has 30 heavy (non-hydrogen) atoms. The molecule has 8 heteroatoms. The van der Waals surface area contributed by atoms with E-state index in [1.54, 1.807) is 36.4 Å². The number of benzene rings is 3. The highest BCUT2D eigenvalue weighted by Gasteiger charge is 2.22. The van der Waals surface area contributed by atoms with E-state index in [2.05, 4.69) is 0 Å². The molecule has 3 aromatic carbocycles. The summed E-state index contributed by atoms with van der Waals surface area (Å²) in [4.78, 5) is 14.1. The van der Waals surface area contributed by atoms with Crippen LogP contribution in [0.2, 0.25) is 5.02 Å². The van der Waals surface area contributed by atoms with Crippen LogP contribution in [0.5, 0.6) is 0 Å². The maximum absolute atomic E-state index is 14.0. The van der Waals surface area contributed by atoms with E-state index in [9.17, 15) is 17.6 Å². The molecule has 3 aromatic rings. The van der Waals surface area contributed by atoms with Crippen LogP contribution in [0.3, 0.4) is 0 Å². The highest BCUT2D eigenvalue weighted by Crippen LogP contribution is 2.23. The van der Waals surface area contributed by atoms with Crippen LogP contribution in [-0.4, -0.2) is 33.3 Å². The average Bonchev–Trinajstić information content (AvgIpc) is 2.76. The van der Waals surface area contributed by atoms with Crippen molar-refractivity contribution in [1.29, 1.82) is 0 Å². The van der Waals surface area contributed by atoms with Crippen molar-refractivity contribution in [2.24, 2.45) is 0 Å². The molecular formula is C22H20ClFN2O3S. The number of amides is 1. The summed E-state index contributed by atoms with van der Waals surface area (Å²) in [5.74, 6) is -0.873. The fourth-order valence-corrected chi connectivity index (χ4v) is 4.34. The van der Waals surface area contributed by atoms with Crippen molar-refractivity contribution in [2.45, 2.75) is 11.4 Å². The number of hydrogen-bond acceptors (Lipinski definition) is 3. The van der Waals surface area contributed by atoms with Gasteiger partial charge in [0.15, 0.2) is 0 Å². The minimum absolute atomic E-state index is 0.0128. The predicted molar refractivity (Wildman–Crippen MR) is 116 cm³/mol. The van der Waals surface area contributed by atoms with Gasteiger partial charge in [0, 0.05) is 36.8 Å². The monoisotopic (exact) mass is 446 g/mol. The molecule has 5 nitrogen and oxygen atoms in total. The van der Waals surface area contributed by atoms with Gasteiger partial charge in [-0.05, 0) is 48.5 Å². The van der Waals surface area contributed by atoms with E-state index in [0.717, 1.165) is 0 Å². The summed E-state index contributed by atoms with van der Waals surface area (Å²) in [5.41, 5.74) is 1.03. The first kappa shape index (κ1) is 21.8. The number of hydrogen-bond donors (Lipinski definition) is 0. The molecule has 0 spiro atoms. The highest BCUT2D eigenvalue weighted by atomic mass is 35.5. The normalized spacial score (nSPS) is 11.2. The second kappa shape index (κ2) is 8.85. The van der Waals surface area contributed by atoms with E-state index in [1.165, 1.54) is 59.7 Å². The lowest BCUT2D eigenvalue weighted by molar-refractivity contribution is 0.0784. The van der Waals surface area contributed by atoms with Gasteiger partial charge in [0.1, 0.15) is 5.82 Å². The largest absolute Gasteiger partial charge is 0.337 e. The van der Waals surface area contributed by atoms with Crippen molar-refractivity contribution in [2.75, 3.05) is 18.4 Å². The fourth-order valence-electron chi connectivity index (χ4n) is 2.92. The van der Waals surface area contributed by atoms with Gasteiger partial charge in [0.25, 0.3) is 15.9 Å². The smallest absolute Gasteiger partial charge is 0.264 e. The second-order valence-electron chi connectivity index (χ2n) is 6.69. The topological polar surface area (TPSA) is 57.7 Å². The van der Waals surface area contributed by atoms with Gasteiger partial charge in [0.2, 0.25) is 0 Å². The lowest BCUT2D eigenvalue weighted by atomic mass is 10.1. The van der Waals surface area contributed by atoms with Gasteiger partial charge in [-0.1, -0.05) is 35.9 Å². The average molecular weight is 447 g/mol. The summed E-state index contributed by atoms with van der Waals surface area (Å²) in [5, 5.41) is 0.236. The van der Waals surface area contributed by atoms with Crippen LogP contribution >= 0.6 is 11.6 Å². The van der Waals surface area contributed by atoms with Gasteiger partial charge in [-0.25, -0.2) is 12.8 Å². The molecule has 0 heterocycles. The first-order valence-corrected chi connectivity index (χ1v) is 10.9. The zero-order chi connectivity index (χ0) is 21.9. The molecule has 0 aliphatic carbocycles. The van der Waals surface area contributed by atoms with Crippen LogP contribution in [0.1, 0.15) is 15.9 Å². The molecule has 3 rings (SSSR count). The molecule has 0 saturated carbocycles. The van der Waals surface area contributed by atoms with E-state index >= 15 is 0 Å². The Balaban J connectivity index is 1.78. The lowest BCUT2D eigenvalue weighted by Crippen LogP contribution is -2.28. The highest BCUT2D eigenvalue weighted by molar-refractivity contribution is 7.92. The van der Waals surface area contributed by atoms with Crippen LogP contribution in [0.4, 0.5) is 10.1 Å². The van der Waals surface area contributed by atoms with E-state index in [4.69, 9.17) is 11.6 Å². The number of anilines is 1. The zero-order valence-electron chi connectivity index (χ0n) is 16.4. The van der Waals surface area contributed by atoms with Crippen LogP contribution < -0.4 is 4.31 Å². The van der Waals surface area contributed by atoms with Gasteiger partial charge in [-0.15, -0.1) is 0 Å². The minimum atomic E-state index is -3.77. The molecule has 0 aliphatic heterocycles. The third-order valence-corrected chi connectivity index (χ3v) is 6.84. The van der Waals surface area contributed by atoms with Gasteiger partial charge < -0.3 is 4.90 Å². The van der Waals surface area contributed by atoms with Gasteiger partial charge in [-0.3, -0.25) is 9.10 Å². The molecule has 0 atom stereocenters. The third kappa shape index (κ3) is 4.47. The minimum Gasteiger partial charge on any atom is -0.337 e. The molecule has 0 saturated heterocycles. The van der Waals surface area contributed by atoms with E-state index in [-0.39, 0.29) is 33.5 Å². The Kier molecular flexibility index (Phi) is 6.43. The lowest BCUT2D eigenvalue weighted by Gasteiger charge is -2.20. The van der Waals surface area contributed by atoms with Crippen molar-refractivity contribution >= 4 is 33.2 Å². The maximum atomic E-state index is 14.0. The number of halogens is 2. The summed E-state index contributed by atoms with van der Waals surface area (Å²) >= 11 is 6.03. The van der Waals surface area contributed by atoms with E-state index in [0.29, 0.717) is 5.69 Å². The first-order chi connectivity index (χ1) is 14.2. The quantitative estimate of drug-likeness (QED) is 0.557. The van der Waals surface area contributed by atoms with Gasteiger partial charge in [0.05, 0.1) is 10.6 Å². The Morgan fingerprint density at radius 3 is 2.17 bits per heavy atom. The predicted octanol–water partition coefficient (Wildman–Crippen LogP) is 4.58. The van der Waals surface area contributed by atoms with Crippen LogP contribution in [0.15, 0.2) is 77.7 Å². The second-order valence-corrected chi connectivity index (χ2v) is 9.07. The van der Waals surface area contributed by atoms with Crippen LogP contribution in [0, 0.1) is 5.82 Å². The molecule has 0 bridgehead atoms. The molecule has 156 valence electrons. The fraction of sp³-hybridized carbons (Fsp3) is 0.136. The number of rotatable bonds is 6. The van der Waals surface area contributed by atoms with E-state index in [1.807, 2.05) is 0 Å². The molecule has 0 unspecified atom stereocenters. The van der Waals surface area contributed by atoms with Gasteiger partial charge >= 0.3 is 0 Å². The standard InChI is InChI=1S/C22H20ClFN2O3S/c1-25(15-19-20(23)9-6-10-21(19)24)22(27)16-11-13-18(14-12-16)30(28,29)26(2)17-7-4-3-5-8-17/h3-14H,15H2,1-2H3. The molecule has 0 aromatic heterocycles. The Hall–Kier alpha value is -2.90. The molecular weight excluding hydrogens is 427 g/mol. The third-order valence-electron chi connectivity index (χ3n) is 4.68. The summed E-state index contributed by atoms with van der Waals surface area (Å²) in [7, 11) is -0.778. The van der Waals surface area contributed by atoms with Crippen molar-refractivity contribution in [3.05, 3.63) is 94.8 Å². The van der Waals surface area contributed by atoms with E-state index < -0.39 is 15.8 Å². The number of para-hydroxylation sites is 1. The number of carbonyl (C=O) groups excluding carboxylic acids is 1. The Morgan fingerprint density at radius 2 is 1.57 bits per heavy atom. The molecule has 0 radical (unpaired) electrons. The summed E-state index contributed by atoms with van der Waals surface area (Å²) in [6.07, 6.45) is 0. The SMILES string of the molecule is CN(Cc1c(F)cccc1Cl)C(=O)c1ccc(S(=O)(=O)N(C)c2ccccc2)cc1. The summed E-state index contributed by atoms with van der Waals surface area (Å²) < 4.78 is 40.8. The van der Waals surface area contributed by atoms with Gasteiger partial charge in [-0.2, -0.15) is 0 Å². The summed E-state index contributed by atoms with van der Waals surface area (Å²) in [6, 6.07) is 18.7. The number of nitrogens with zero attached hydrogens (tertiary/aromatic N) is 2.